The molecule has 1 unspecified atom stereocenters. The Balaban J connectivity index is 2.86. The molecule has 0 aliphatic heterocycles. The van der Waals surface area contributed by atoms with E-state index in [2.05, 4.69) is 0 Å². The first kappa shape index (κ1) is 8.27. The van der Waals surface area contributed by atoms with E-state index in [9.17, 15) is 4.55 Å². The van der Waals surface area contributed by atoms with Crippen LogP contribution in [0.1, 0.15) is 13.3 Å². The SMILES string of the molecule is CC[S+]([O-])CCCN. The molecule has 2 N–H and O–H groups in total. The van der Waals surface area contributed by atoms with Crippen molar-refractivity contribution in [1.82, 2.24) is 0 Å². The zero-order chi connectivity index (χ0) is 6.41. The lowest BCUT2D eigenvalue weighted by atomic mass is 10.5. The Hall–Kier alpha value is 0.270. The van der Waals surface area contributed by atoms with Crippen LogP contribution in [0.5, 0.6) is 0 Å². The number of hydrogen-bond acceptors (Lipinski definition) is 2. The van der Waals surface area contributed by atoms with Crippen molar-refractivity contribution in [3.05, 3.63) is 0 Å². The number of rotatable bonds is 4. The van der Waals surface area contributed by atoms with Gasteiger partial charge in [-0.05, 0) is 13.5 Å². The second kappa shape index (κ2) is 5.41. The van der Waals surface area contributed by atoms with E-state index in [1.165, 1.54) is 0 Å². The van der Waals surface area contributed by atoms with Gasteiger partial charge >= 0.3 is 0 Å². The predicted molar refractivity (Wildman–Crippen MR) is 37.2 cm³/mol. The summed E-state index contributed by atoms with van der Waals surface area (Å²) in [7, 11) is 0. The Morgan fingerprint density at radius 1 is 1.62 bits per heavy atom. The van der Waals surface area contributed by atoms with Crippen LogP contribution in [0.2, 0.25) is 0 Å². The van der Waals surface area contributed by atoms with Gasteiger partial charge in [0.2, 0.25) is 0 Å². The Morgan fingerprint density at radius 2 is 2.25 bits per heavy atom. The van der Waals surface area contributed by atoms with Crippen LogP contribution in [0, 0.1) is 0 Å². The first-order valence-corrected chi connectivity index (χ1v) is 4.35. The minimum absolute atomic E-state index is 0.607. The van der Waals surface area contributed by atoms with Gasteiger partial charge in [-0.1, -0.05) is 11.2 Å². The van der Waals surface area contributed by atoms with Gasteiger partial charge in [-0.3, -0.25) is 0 Å². The second-order valence-corrected chi connectivity index (χ2v) is 3.44. The molecule has 0 saturated carbocycles. The van der Waals surface area contributed by atoms with Crippen molar-refractivity contribution in [1.29, 1.82) is 0 Å². The van der Waals surface area contributed by atoms with Gasteiger partial charge in [0, 0.05) is 6.42 Å². The number of nitrogens with two attached hydrogens (primary N) is 1. The van der Waals surface area contributed by atoms with E-state index in [1.807, 2.05) is 6.92 Å². The molecular formula is C5H13NOS. The van der Waals surface area contributed by atoms with Gasteiger partial charge in [0.25, 0.3) is 0 Å². The summed E-state index contributed by atoms with van der Waals surface area (Å²) in [4.78, 5) is 0. The van der Waals surface area contributed by atoms with Crippen molar-refractivity contribution in [2.45, 2.75) is 13.3 Å². The van der Waals surface area contributed by atoms with Crippen LogP contribution in [0.4, 0.5) is 0 Å². The lowest BCUT2D eigenvalue weighted by Crippen LogP contribution is -2.12. The summed E-state index contributed by atoms with van der Waals surface area (Å²) in [5.74, 6) is 1.53. The van der Waals surface area contributed by atoms with E-state index in [-0.39, 0.29) is 0 Å². The smallest absolute Gasteiger partial charge is 0.106 e. The summed E-state index contributed by atoms with van der Waals surface area (Å²) in [6.45, 7) is 2.58. The third-order valence-electron chi connectivity index (χ3n) is 0.898. The van der Waals surface area contributed by atoms with Crippen molar-refractivity contribution in [3.63, 3.8) is 0 Å². The highest BCUT2D eigenvalue weighted by atomic mass is 32.2. The first-order valence-electron chi connectivity index (χ1n) is 2.86. The zero-order valence-corrected chi connectivity index (χ0v) is 6.04. The average molecular weight is 135 g/mol. The van der Waals surface area contributed by atoms with Crippen LogP contribution < -0.4 is 5.73 Å². The highest BCUT2D eigenvalue weighted by Crippen LogP contribution is 1.90. The standard InChI is InChI=1S/C5H13NOS/c1-2-8(7)5-3-4-6/h2-6H2,1H3. The van der Waals surface area contributed by atoms with Gasteiger partial charge in [-0.15, -0.1) is 0 Å². The lowest BCUT2D eigenvalue weighted by Gasteiger charge is -2.05. The molecule has 0 aliphatic rings. The predicted octanol–water partition coefficient (Wildman–Crippen LogP) is 0.104. The molecule has 0 amide bonds. The fourth-order valence-corrected chi connectivity index (χ4v) is 1.17. The van der Waals surface area contributed by atoms with Crippen molar-refractivity contribution in [2.75, 3.05) is 18.1 Å². The topological polar surface area (TPSA) is 49.1 Å². The van der Waals surface area contributed by atoms with E-state index in [0.717, 1.165) is 17.9 Å². The molecule has 8 heavy (non-hydrogen) atoms. The molecule has 0 aromatic carbocycles. The molecule has 0 heterocycles. The summed E-state index contributed by atoms with van der Waals surface area (Å²) < 4.78 is 10.6. The van der Waals surface area contributed by atoms with Crippen LogP contribution in [-0.4, -0.2) is 22.6 Å². The van der Waals surface area contributed by atoms with Crippen LogP contribution >= 0.6 is 0 Å². The third kappa shape index (κ3) is 4.43. The summed E-state index contributed by atoms with van der Waals surface area (Å²) in [5.41, 5.74) is 5.20. The highest BCUT2D eigenvalue weighted by Gasteiger charge is 1.97. The molecule has 0 aromatic rings. The molecular weight excluding hydrogens is 122 g/mol. The molecule has 0 bridgehead atoms. The van der Waals surface area contributed by atoms with E-state index in [0.29, 0.717) is 6.54 Å². The molecule has 50 valence electrons. The Labute approximate surface area is 53.6 Å². The van der Waals surface area contributed by atoms with Crippen LogP contribution in [-0.2, 0) is 11.2 Å². The van der Waals surface area contributed by atoms with Crippen LogP contribution in [0.3, 0.4) is 0 Å². The maximum Gasteiger partial charge on any atom is 0.106 e. The molecule has 0 aromatic heterocycles. The fourth-order valence-electron chi connectivity index (χ4n) is 0.389. The summed E-state index contributed by atoms with van der Waals surface area (Å²) in [6.07, 6.45) is 0.889. The average Bonchev–Trinajstić information content (AvgIpc) is 1.83. The Kier molecular flexibility index (Phi) is 5.59. The Bertz CT molecular complexity index is 51.7. The molecule has 2 nitrogen and oxygen atoms in total. The first-order chi connectivity index (χ1) is 3.81. The minimum atomic E-state index is -0.607. The van der Waals surface area contributed by atoms with E-state index in [4.69, 9.17) is 5.73 Å². The monoisotopic (exact) mass is 135 g/mol. The molecule has 0 radical (unpaired) electrons. The molecule has 0 rings (SSSR count). The summed E-state index contributed by atoms with van der Waals surface area (Å²) >= 11 is -0.607. The second-order valence-electron chi connectivity index (χ2n) is 1.57. The normalized spacial score (nSPS) is 13.9. The van der Waals surface area contributed by atoms with E-state index < -0.39 is 11.2 Å². The highest BCUT2D eigenvalue weighted by molar-refractivity contribution is 7.91. The van der Waals surface area contributed by atoms with Gasteiger partial charge in [-0.2, -0.15) is 0 Å². The fraction of sp³-hybridized carbons (Fsp3) is 1.00. The van der Waals surface area contributed by atoms with Crippen LogP contribution in [0.25, 0.3) is 0 Å². The maximum atomic E-state index is 10.6. The maximum absolute atomic E-state index is 10.6. The zero-order valence-electron chi connectivity index (χ0n) is 5.22. The molecule has 0 fully saturated rings. The number of hydrogen-bond donors (Lipinski definition) is 1. The van der Waals surface area contributed by atoms with Crippen molar-refractivity contribution >= 4 is 11.2 Å². The molecule has 0 aliphatic carbocycles. The Morgan fingerprint density at radius 3 is 2.62 bits per heavy atom. The van der Waals surface area contributed by atoms with E-state index >= 15 is 0 Å². The van der Waals surface area contributed by atoms with Crippen molar-refractivity contribution in [3.8, 4) is 0 Å². The molecule has 1 atom stereocenters. The van der Waals surface area contributed by atoms with Crippen molar-refractivity contribution in [2.24, 2.45) is 5.73 Å². The largest absolute Gasteiger partial charge is 0.616 e. The molecule has 3 heteroatoms. The van der Waals surface area contributed by atoms with E-state index in [1.54, 1.807) is 0 Å². The quantitative estimate of drug-likeness (QED) is 0.556. The van der Waals surface area contributed by atoms with Gasteiger partial charge < -0.3 is 10.3 Å². The van der Waals surface area contributed by atoms with Gasteiger partial charge in [-0.25, -0.2) is 0 Å². The minimum Gasteiger partial charge on any atom is -0.616 e. The molecule has 0 spiro atoms. The van der Waals surface area contributed by atoms with Crippen LogP contribution in [0.15, 0.2) is 0 Å². The summed E-state index contributed by atoms with van der Waals surface area (Å²) in [5, 5.41) is 0. The van der Waals surface area contributed by atoms with Crippen molar-refractivity contribution < 1.29 is 4.55 Å². The lowest BCUT2D eigenvalue weighted by molar-refractivity contribution is 0.594. The van der Waals surface area contributed by atoms with Gasteiger partial charge in [0.1, 0.15) is 11.5 Å². The van der Waals surface area contributed by atoms with Gasteiger partial charge in [0.15, 0.2) is 0 Å². The third-order valence-corrected chi connectivity index (χ3v) is 2.29. The van der Waals surface area contributed by atoms with Gasteiger partial charge in [0.05, 0.1) is 0 Å². The molecule has 0 saturated heterocycles. The summed E-state index contributed by atoms with van der Waals surface area (Å²) in [6, 6.07) is 0.